The maximum absolute atomic E-state index is 10.8. The Kier molecular flexibility index (Phi) is 5.60. The second kappa shape index (κ2) is 8.07. The van der Waals surface area contributed by atoms with E-state index in [0.717, 1.165) is 25.2 Å². The number of nitrogens with zero attached hydrogens (tertiary/aromatic N) is 4. The highest BCUT2D eigenvalue weighted by Crippen LogP contribution is 2.27. The first-order valence-corrected chi connectivity index (χ1v) is 8.63. The molecule has 1 aromatic heterocycles. The van der Waals surface area contributed by atoms with Crippen LogP contribution in [0.15, 0.2) is 42.7 Å². The molecule has 1 aliphatic heterocycles. The number of hydrogen-bond acceptors (Lipinski definition) is 5. The fourth-order valence-electron chi connectivity index (χ4n) is 3.35. The lowest BCUT2D eigenvalue weighted by molar-refractivity contribution is -0.135. The molecule has 3 rings (SSSR count). The summed E-state index contributed by atoms with van der Waals surface area (Å²) >= 11 is 0. The summed E-state index contributed by atoms with van der Waals surface area (Å²) in [6, 6.07) is 10.7. The van der Waals surface area contributed by atoms with Crippen molar-refractivity contribution in [2.45, 2.75) is 25.3 Å². The SMILES string of the molecule is CN(CC(=O)O)c1ncc(CN2CCC[C@H](c3ccccc3)C2)cn1. The third-order valence-corrected chi connectivity index (χ3v) is 4.59. The van der Waals surface area contributed by atoms with Crippen molar-refractivity contribution in [3.05, 3.63) is 53.9 Å². The smallest absolute Gasteiger partial charge is 0.323 e. The minimum absolute atomic E-state index is 0.107. The van der Waals surface area contributed by atoms with Crippen molar-refractivity contribution in [1.82, 2.24) is 14.9 Å². The quantitative estimate of drug-likeness (QED) is 0.871. The van der Waals surface area contributed by atoms with E-state index in [1.54, 1.807) is 19.4 Å². The van der Waals surface area contributed by atoms with E-state index >= 15 is 0 Å². The number of carboxylic acids is 1. The Bertz CT molecular complexity index is 690. The van der Waals surface area contributed by atoms with Crippen LogP contribution in [-0.2, 0) is 11.3 Å². The van der Waals surface area contributed by atoms with Gasteiger partial charge < -0.3 is 10.0 Å². The van der Waals surface area contributed by atoms with Crippen LogP contribution in [-0.4, -0.2) is 52.6 Å². The lowest BCUT2D eigenvalue weighted by Gasteiger charge is -2.33. The molecule has 1 atom stereocenters. The van der Waals surface area contributed by atoms with E-state index in [0.29, 0.717) is 11.9 Å². The molecule has 0 amide bonds. The van der Waals surface area contributed by atoms with Crippen LogP contribution in [0.3, 0.4) is 0 Å². The van der Waals surface area contributed by atoms with Gasteiger partial charge in [0.25, 0.3) is 0 Å². The van der Waals surface area contributed by atoms with Gasteiger partial charge in [-0.1, -0.05) is 30.3 Å². The first-order chi connectivity index (χ1) is 12.1. The number of anilines is 1. The molecule has 0 spiro atoms. The predicted octanol–water partition coefficient (Wildman–Crippen LogP) is 2.38. The van der Waals surface area contributed by atoms with Crippen LogP contribution in [0.2, 0.25) is 0 Å². The van der Waals surface area contributed by atoms with Gasteiger partial charge in [-0.25, -0.2) is 9.97 Å². The van der Waals surface area contributed by atoms with Gasteiger partial charge in [0.1, 0.15) is 6.54 Å². The van der Waals surface area contributed by atoms with Crippen molar-refractivity contribution < 1.29 is 9.90 Å². The van der Waals surface area contributed by atoms with Gasteiger partial charge in [-0.05, 0) is 30.9 Å². The third-order valence-electron chi connectivity index (χ3n) is 4.59. The molecule has 1 aliphatic rings. The van der Waals surface area contributed by atoms with Gasteiger partial charge in [-0.3, -0.25) is 9.69 Å². The molecule has 132 valence electrons. The zero-order valence-corrected chi connectivity index (χ0v) is 14.5. The van der Waals surface area contributed by atoms with Crippen LogP contribution >= 0.6 is 0 Å². The van der Waals surface area contributed by atoms with E-state index in [9.17, 15) is 4.79 Å². The number of rotatable bonds is 6. The molecule has 25 heavy (non-hydrogen) atoms. The number of carboxylic acid groups (broad SMARTS) is 1. The van der Waals surface area contributed by atoms with Gasteiger partial charge >= 0.3 is 5.97 Å². The largest absolute Gasteiger partial charge is 0.480 e. The second-order valence-corrected chi connectivity index (χ2v) is 6.63. The van der Waals surface area contributed by atoms with Crippen molar-refractivity contribution in [2.75, 3.05) is 31.6 Å². The first kappa shape index (κ1) is 17.4. The number of hydrogen-bond donors (Lipinski definition) is 1. The number of likely N-dealkylation sites (tertiary alicyclic amines) is 1. The van der Waals surface area contributed by atoms with Crippen molar-refractivity contribution in [2.24, 2.45) is 0 Å². The second-order valence-electron chi connectivity index (χ2n) is 6.63. The number of carbonyl (C=O) groups is 1. The highest BCUT2D eigenvalue weighted by Gasteiger charge is 2.21. The number of likely N-dealkylation sites (N-methyl/N-ethyl adjacent to an activating group) is 1. The van der Waals surface area contributed by atoms with Crippen molar-refractivity contribution in [3.63, 3.8) is 0 Å². The predicted molar refractivity (Wildman–Crippen MR) is 96.6 cm³/mol. The monoisotopic (exact) mass is 340 g/mol. The Labute approximate surface area is 148 Å². The molecule has 6 nitrogen and oxygen atoms in total. The minimum Gasteiger partial charge on any atom is -0.480 e. The summed E-state index contributed by atoms with van der Waals surface area (Å²) in [5.74, 6) is 0.124. The Hall–Kier alpha value is -2.47. The summed E-state index contributed by atoms with van der Waals surface area (Å²) in [5, 5.41) is 8.83. The average molecular weight is 340 g/mol. The summed E-state index contributed by atoms with van der Waals surface area (Å²) in [6.07, 6.45) is 6.02. The molecule has 0 bridgehead atoms. The van der Waals surface area contributed by atoms with E-state index in [1.165, 1.54) is 23.3 Å². The van der Waals surface area contributed by atoms with Crippen molar-refractivity contribution >= 4 is 11.9 Å². The summed E-state index contributed by atoms with van der Waals surface area (Å²) in [4.78, 5) is 23.3. The van der Waals surface area contributed by atoms with Crippen molar-refractivity contribution in [3.8, 4) is 0 Å². The van der Waals surface area contributed by atoms with Gasteiger partial charge in [0.2, 0.25) is 5.95 Å². The maximum Gasteiger partial charge on any atom is 0.323 e. The van der Waals surface area contributed by atoms with Crippen LogP contribution in [0.5, 0.6) is 0 Å². The van der Waals surface area contributed by atoms with Gasteiger partial charge in [-0.2, -0.15) is 0 Å². The Balaban J connectivity index is 1.59. The third kappa shape index (κ3) is 4.76. The molecule has 1 N–H and O–H groups in total. The average Bonchev–Trinajstić information content (AvgIpc) is 2.63. The van der Waals surface area contributed by atoms with E-state index < -0.39 is 5.97 Å². The molecule has 0 aliphatic carbocycles. The Morgan fingerprint density at radius 2 is 2.00 bits per heavy atom. The number of piperidine rings is 1. The minimum atomic E-state index is -0.893. The molecule has 1 saturated heterocycles. The molecule has 2 heterocycles. The summed E-state index contributed by atoms with van der Waals surface area (Å²) in [5.41, 5.74) is 2.47. The normalized spacial score (nSPS) is 18.0. The number of aromatic nitrogens is 2. The van der Waals surface area contributed by atoms with E-state index in [1.807, 2.05) is 0 Å². The maximum atomic E-state index is 10.8. The van der Waals surface area contributed by atoms with Crippen LogP contribution in [0.1, 0.15) is 29.9 Å². The topological polar surface area (TPSA) is 69.6 Å². The molecular weight excluding hydrogens is 316 g/mol. The molecule has 0 unspecified atom stereocenters. The van der Waals surface area contributed by atoms with Gasteiger partial charge in [-0.15, -0.1) is 0 Å². The molecular formula is C19H24N4O2. The van der Waals surface area contributed by atoms with Crippen LogP contribution in [0.4, 0.5) is 5.95 Å². The van der Waals surface area contributed by atoms with E-state index in [-0.39, 0.29) is 6.54 Å². The number of benzene rings is 1. The molecule has 0 radical (unpaired) electrons. The van der Waals surface area contributed by atoms with Gasteiger partial charge in [0, 0.05) is 38.1 Å². The first-order valence-electron chi connectivity index (χ1n) is 8.63. The zero-order valence-electron chi connectivity index (χ0n) is 14.5. The van der Waals surface area contributed by atoms with Crippen LogP contribution in [0.25, 0.3) is 0 Å². The van der Waals surface area contributed by atoms with Crippen LogP contribution in [0, 0.1) is 0 Å². The standard InChI is InChI=1S/C19H24N4O2/c1-22(14-18(24)25)19-20-10-15(11-21-19)12-23-9-5-8-17(13-23)16-6-3-2-4-7-16/h2-4,6-7,10-11,17H,5,8-9,12-14H2,1H3,(H,24,25)/t17-/m0/s1. The van der Waals surface area contributed by atoms with Crippen LogP contribution < -0.4 is 4.90 Å². The fraction of sp³-hybridized carbons (Fsp3) is 0.421. The molecule has 1 aromatic carbocycles. The van der Waals surface area contributed by atoms with Gasteiger partial charge in [0.05, 0.1) is 0 Å². The van der Waals surface area contributed by atoms with Gasteiger partial charge in [0.15, 0.2) is 0 Å². The molecule has 1 fully saturated rings. The summed E-state index contributed by atoms with van der Waals surface area (Å²) in [6.45, 7) is 2.85. The summed E-state index contributed by atoms with van der Waals surface area (Å²) < 4.78 is 0. The lowest BCUT2D eigenvalue weighted by atomic mass is 9.90. The zero-order chi connectivity index (χ0) is 17.6. The van der Waals surface area contributed by atoms with E-state index in [2.05, 4.69) is 45.2 Å². The Morgan fingerprint density at radius 1 is 1.28 bits per heavy atom. The summed E-state index contributed by atoms with van der Waals surface area (Å²) in [7, 11) is 1.68. The Morgan fingerprint density at radius 3 is 2.68 bits per heavy atom. The van der Waals surface area contributed by atoms with E-state index in [4.69, 9.17) is 5.11 Å². The highest BCUT2D eigenvalue weighted by atomic mass is 16.4. The molecule has 0 saturated carbocycles. The fourth-order valence-corrected chi connectivity index (χ4v) is 3.35. The number of aliphatic carboxylic acids is 1. The lowest BCUT2D eigenvalue weighted by Crippen LogP contribution is -2.34. The molecule has 6 heteroatoms. The van der Waals surface area contributed by atoms with Crippen molar-refractivity contribution in [1.29, 1.82) is 0 Å². The molecule has 2 aromatic rings. The highest BCUT2D eigenvalue weighted by molar-refractivity contribution is 5.72.